The lowest BCUT2D eigenvalue weighted by atomic mass is 10.1. The maximum atomic E-state index is 13.1. The highest BCUT2D eigenvalue weighted by molar-refractivity contribution is 6.04. The molecule has 0 spiro atoms. The number of anilines is 1. The van der Waals surface area contributed by atoms with Gasteiger partial charge in [-0.05, 0) is 24.6 Å². The van der Waals surface area contributed by atoms with Crippen molar-refractivity contribution in [2.24, 2.45) is 0 Å². The van der Waals surface area contributed by atoms with Crippen molar-refractivity contribution in [3.63, 3.8) is 0 Å². The molecule has 0 bridgehead atoms. The van der Waals surface area contributed by atoms with Crippen LogP contribution in [0, 0.1) is 6.92 Å². The highest BCUT2D eigenvalue weighted by Crippen LogP contribution is 2.24. The SMILES string of the molecule is Cc1cc(NC(=O)C2COCC(=O)N2Cc2ccccc2)c2ccccc2n1. The Kier molecular flexibility index (Phi) is 5.04. The van der Waals surface area contributed by atoms with Crippen molar-refractivity contribution in [1.29, 1.82) is 0 Å². The number of nitrogens with one attached hydrogen (secondary N) is 1. The van der Waals surface area contributed by atoms with Gasteiger partial charge in [0.1, 0.15) is 12.6 Å². The molecule has 2 amide bonds. The molecule has 28 heavy (non-hydrogen) atoms. The van der Waals surface area contributed by atoms with Crippen molar-refractivity contribution in [2.75, 3.05) is 18.5 Å². The van der Waals surface area contributed by atoms with E-state index in [0.29, 0.717) is 12.2 Å². The Morgan fingerprint density at radius 1 is 1.18 bits per heavy atom. The molecule has 6 nitrogen and oxygen atoms in total. The number of nitrogens with zero attached hydrogens (tertiary/aromatic N) is 2. The van der Waals surface area contributed by atoms with Gasteiger partial charge in [-0.2, -0.15) is 0 Å². The van der Waals surface area contributed by atoms with Gasteiger partial charge in [0.15, 0.2) is 0 Å². The molecule has 2 aromatic carbocycles. The number of hydrogen-bond acceptors (Lipinski definition) is 4. The smallest absolute Gasteiger partial charge is 0.249 e. The van der Waals surface area contributed by atoms with Crippen LogP contribution >= 0.6 is 0 Å². The molecule has 1 fully saturated rings. The average molecular weight is 375 g/mol. The molecule has 3 aromatic rings. The largest absolute Gasteiger partial charge is 0.369 e. The summed E-state index contributed by atoms with van der Waals surface area (Å²) in [6.45, 7) is 2.43. The average Bonchev–Trinajstić information content (AvgIpc) is 2.70. The molecule has 1 aliphatic rings. The lowest BCUT2D eigenvalue weighted by Crippen LogP contribution is -2.54. The molecule has 0 aliphatic carbocycles. The minimum Gasteiger partial charge on any atom is -0.369 e. The number of aryl methyl sites for hydroxylation is 1. The number of amides is 2. The van der Waals surface area contributed by atoms with Crippen molar-refractivity contribution in [1.82, 2.24) is 9.88 Å². The Morgan fingerprint density at radius 3 is 2.75 bits per heavy atom. The van der Waals surface area contributed by atoms with Gasteiger partial charge in [-0.3, -0.25) is 14.6 Å². The van der Waals surface area contributed by atoms with E-state index in [1.54, 1.807) is 4.90 Å². The number of aromatic nitrogens is 1. The molecular weight excluding hydrogens is 354 g/mol. The third-order valence-corrected chi connectivity index (χ3v) is 4.80. The summed E-state index contributed by atoms with van der Waals surface area (Å²) < 4.78 is 5.37. The van der Waals surface area contributed by atoms with Crippen LogP contribution in [-0.4, -0.2) is 41.0 Å². The van der Waals surface area contributed by atoms with Gasteiger partial charge in [-0.1, -0.05) is 48.5 Å². The van der Waals surface area contributed by atoms with Crippen molar-refractivity contribution in [2.45, 2.75) is 19.5 Å². The molecule has 6 heteroatoms. The molecule has 1 atom stereocenters. The Balaban J connectivity index is 1.60. The Morgan fingerprint density at radius 2 is 1.93 bits per heavy atom. The highest BCUT2D eigenvalue weighted by atomic mass is 16.5. The number of para-hydroxylation sites is 1. The van der Waals surface area contributed by atoms with E-state index in [0.717, 1.165) is 22.2 Å². The van der Waals surface area contributed by atoms with E-state index >= 15 is 0 Å². The van der Waals surface area contributed by atoms with E-state index in [-0.39, 0.29) is 25.0 Å². The van der Waals surface area contributed by atoms with E-state index < -0.39 is 6.04 Å². The summed E-state index contributed by atoms with van der Waals surface area (Å²) in [7, 11) is 0. The third kappa shape index (κ3) is 3.73. The standard InChI is InChI=1S/C22H21N3O3/c1-15-11-19(17-9-5-6-10-18(17)23-15)24-22(27)20-13-28-14-21(26)25(20)12-16-7-3-2-4-8-16/h2-11,20H,12-14H2,1H3,(H,23,24,27). The van der Waals surface area contributed by atoms with Crippen LogP contribution in [0.25, 0.3) is 10.9 Å². The number of fused-ring (bicyclic) bond motifs is 1. The molecule has 0 radical (unpaired) electrons. The van der Waals surface area contributed by atoms with Gasteiger partial charge in [0.2, 0.25) is 11.8 Å². The first kappa shape index (κ1) is 18.1. The van der Waals surface area contributed by atoms with Gasteiger partial charge in [0.05, 0.1) is 17.8 Å². The first-order chi connectivity index (χ1) is 13.6. The molecule has 142 valence electrons. The van der Waals surface area contributed by atoms with Gasteiger partial charge in [-0.25, -0.2) is 0 Å². The van der Waals surface area contributed by atoms with Crippen LogP contribution in [0.2, 0.25) is 0 Å². The summed E-state index contributed by atoms with van der Waals surface area (Å²) in [5, 5.41) is 3.84. The molecule has 1 unspecified atom stereocenters. The highest BCUT2D eigenvalue weighted by Gasteiger charge is 2.34. The van der Waals surface area contributed by atoms with Gasteiger partial charge in [0.25, 0.3) is 0 Å². The molecule has 1 aromatic heterocycles. The van der Waals surface area contributed by atoms with E-state index in [1.807, 2.05) is 67.6 Å². The van der Waals surface area contributed by atoms with Crippen molar-refractivity contribution in [3.8, 4) is 0 Å². The zero-order chi connectivity index (χ0) is 19.5. The molecular formula is C22H21N3O3. The van der Waals surface area contributed by atoms with Crippen LogP contribution in [0.15, 0.2) is 60.7 Å². The van der Waals surface area contributed by atoms with Crippen molar-refractivity contribution in [3.05, 3.63) is 71.9 Å². The van der Waals surface area contributed by atoms with E-state index in [9.17, 15) is 9.59 Å². The third-order valence-electron chi connectivity index (χ3n) is 4.80. The number of carbonyl (C=O) groups excluding carboxylic acids is 2. The first-order valence-corrected chi connectivity index (χ1v) is 9.20. The summed E-state index contributed by atoms with van der Waals surface area (Å²) in [6, 6.07) is 18.4. The summed E-state index contributed by atoms with van der Waals surface area (Å²) in [5.41, 5.74) is 3.28. The van der Waals surface area contributed by atoms with Crippen LogP contribution in [0.3, 0.4) is 0 Å². The summed E-state index contributed by atoms with van der Waals surface area (Å²) in [5.74, 6) is -0.453. The van der Waals surface area contributed by atoms with Crippen LogP contribution in [-0.2, 0) is 20.9 Å². The van der Waals surface area contributed by atoms with E-state index in [1.165, 1.54) is 0 Å². The van der Waals surface area contributed by atoms with Crippen molar-refractivity contribution >= 4 is 28.4 Å². The second kappa shape index (κ2) is 7.78. The minimum absolute atomic E-state index is 0.00604. The molecule has 1 aliphatic heterocycles. The molecule has 1 saturated heterocycles. The van der Waals surface area contributed by atoms with Crippen LogP contribution in [0.4, 0.5) is 5.69 Å². The lowest BCUT2D eigenvalue weighted by Gasteiger charge is -2.34. The number of benzene rings is 2. The summed E-state index contributed by atoms with van der Waals surface area (Å²) >= 11 is 0. The maximum Gasteiger partial charge on any atom is 0.249 e. The Labute approximate surface area is 163 Å². The number of hydrogen-bond donors (Lipinski definition) is 1. The zero-order valence-corrected chi connectivity index (χ0v) is 15.6. The van der Waals surface area contributed by atoms with Crippen LogP contribution in [0.5, 0.6) is 0 Å². The zero-order valence-electron chi connectivity index (χ0n) is 15.6. The fraction of sp³-hybridized carbons (Fsp3) is 0.227. The number of rotatable bonds is 4. The second-order valence-corrected chi connectivity index (χ2v) is 6.86. The van der Waals surface area contributed by atoms with E-state index in [4.69, 9.17) is 4.74 Å². The van der Waals surface area contributed by atoms with Gasteiger partial charge >= 0.3 is 0 Å². The number of ether oxygens (including phenoxy) is 1. The van der Waals surface area contributed by atoms with Gasteiger partial charge < -0.3 is 15.0 Å². The van der Waals surface area contributed by atoms with Crippen molar-refractivity contribution < 1.29 is 14.3 Å². The molecule has 4 rings (SSSR count). The first-order valence-electron chi connectivity index (χ1n) is 9.20. The van der Waals surface area contributed by atoms with Crippen LogP contribution < -0.4 is 5.32 Å². The summed E-state index contributed by atoms with van der Waals surface area (Å²) in [6.07, 6.45) is 0. The lowest BCUT2D eigenvalue weighted by molar-refractivity contribution is -0.154. The fourth-order valence-electron chi connectivity index (χ4n) is 3.43. The number of morpholine rings is 1. The van der Waals surface area contributed by atoms with Gasteiger partial charge in [-0.15, -0.1) is 0 Å². The predicted octanol–water partition coefficient (Wildman–Crippen LogP) is 2.91. The normalized spacial score (nSPS) is 17.0. The molecule has 0 saturated carbocycles. The topological polar surface area (TPSA) is 71.5 Å². The second-order valence-electron chi connectivity index (χ2n) is 6.86. The predicted molar refractivity (Wildman–Crippen MR) is 107 cm³/mol. The minimum atomic E-state index is -0.686. The fourth-order valence-corrected chi connectivity index (χ4v) is 3.43. The quantitative estimate of drug-likeness (QED) is 0.761. The molecule has 1 N–H and O–H groups in total. The van der Waals surface area contributed by atoms with E-state index in [2.05, 4.69) is 10.3 Å². The number of pyridine rings is 1. The monoisotopic (exact) mass is 375 g/mol. The molecule has 2 heterocycles. The van der Waals surface area contributed by atoms with Gasteiger partial charge in [0, 0.05) is 17.6 Å². The Hall–Kier alpha value is -3.25. The summed E-state index contributed by atoms with van der Waals surface area (Å²) in [4.78, 5) is 31.6. The number of carbonyl (C=O) groups is 2. The Bertz CT molecular complexity index is 1020. The van der Waals surface area contributed by atoms with Crippen LogP contribution in [0.1, 0.15) is 11.3 Å². The maximum absolute atomic E-state index is 13.1.